The van der Waals surface area contributed by atoms with Crippen LogP contribution in [0.4, 0.5) is 5.13 Å². The molecule has 0 aromatic carbocycles. The van der Waals surface area contributed by atoms with Crippen LogP contribution in [0.3, 0.4) is 0 Å². The number of carbonyl (C=O) groups excluding carboxylic acids is 1. The van der Waals surface area contributed by atoms with Gasteiger partial charge in [0.15, 0.2) is 5.13 Å². The summed E-state index contributed by atoms with van der Waals surface area (Å²) in [5.74, 6) is 3.27. The van der Waals surface area contributed by atoms with E-state index in [1.807, 2.05) is 23.6 Å². The molecule has 4 aliphatic rings. The number of thiazole rings is 1. The average molecular weight is 552 g/mol. The summed E-state index contributed by atoms with van der Waals surface area (Å²) in [6.07, 6.45) is 11.4. The van der Waals surface area contributed by atoms with Crippen LogP contribution in [-0.2, 0) is 4.79 Å². The maximum absolute atomic E-state index is 12.9. The number of hydrogen-bond donors (Lipinski definition) is 3. The van der Waals surface area contributed by atoms with E-state index in [9.17, 15) is 15.0 Å². The van der Waals surface area contributed by atoms with E-state index < -0.39 is 0 Å². The second kappa shape index (κ2) is 10.5. The summed E-state index contributed by atoms with van der Waals surface area (Å²) < 4.78 is 0. The number of aliphatic hydroxyl groups excluding tert-OH is 2. The molecular formula is C32H45N3O3S. The molecule has 0 aliphatic heterocycles. The van der Waals surface area contributed by atoms with Crippen molar-refractivity contribution in [2.75, 3.05) is 5.32 Å². The molecule has 0 bridgehead atoms. The summed E-state index contributed by atoms with van der Waals surface area (Å²) in [4.78, 5) is 21.8. The molecule has 0 saturated heterocycles. The summed E-state index contributed by atoms with van der Waals surface area (Å²) >= 11 is 1.43. The van der Waals surface area contributed by atoms with E-state index in [1.165, 1.54) is 30.6 Å². The molecule has 7 heteroatoms. The molecule has 39 heavy (non-hydrogen) atoms. The van der Waals surface area contributed by atoms with E-state index in [0.717, 1.165) is 49.9 Å². The number of amides is 1. The maximum atomic E-state index is 12.9. The molecule has 10 atom stereocenters. The number of rotatable bonds is 6. The van der Waals surface area contributed by atoms with Gasteiger partial charge in [-0.2, -0.15) is 0 Å². The number of nitrogens with zero attached hydrogens (tertiary/aromatic N) is 2. The van der Waals surface area contributed by atoms with Crippen LogP contribution in [0.1, 0.15) is 85.0 Å². The van der Waals surface area contributed by atoms with Crippen molar-refractivity contribution in [3.63, 3.8) is 0 Å². The topological polar surface area (TPSA) is 95.3 Å². The van der Waals surface area contributed by atoms with Gasteiger partial charge in [0, 0.05) is 18.0 Å². The fraction of sp³-hybridized carbons (Fsp3) is 0.719. The number of aromatic nitrogens is 2. The predicted octanol–water partition coefficient (Wildman–Crippen LogP) is 6.55. The van der Waals surface area contributed by atoms with Gasteiger partial charge in [-0.15, -0.1) is 11.3 Å². The fourth-order valence-electron chi connectivity index (χ4n) is 9.86. The Labute approximate surface area is 237 Å². The highest BCUT2D eigenvalue weighted by Gasteiger charge is 2.63. The third-order valence-corrected chi connectivity index (χ3v) is 12.8. The van der Waals surface area contributed by atoms with Gasteiger partial charge in [-0.1, -0.05) is 26.8 Å². The van der Waals surface area contributed by atoms with Gasteiger partial charge >= 0.3 is 0 Å². The highest BCUT2D eigenvalue weighted by Crippen LogP contribution is 2.68. The molecule has 0 spiro atoms. The lowest BCUT2D eigenvalue weighted by molar-refractivity contribution is -0.174. The predicted molar refractivity (Wildman–Crippen MR) is 155 cm³/mol. The SMILES string of the molecule is C[C@H](CCC(=O)Nc1nc(-c2ccccn2)cs1)[C@@H]1CC[C@@H]2[C@@H]3CC[C@H]4C[C@H](O)CC[C@]4(C)[C@@H]3C[C@H](O)[C@@]21C. The van der Waals surface area contributed by atoms with Gasteiger partial charge in [0.2, 0.25) is 5.91 Å². The van der Waals surface area contributed by atoms with Crippen LogP contribution in [0.25, 0.3) is 11.4 Å². The van der Waals surface area contributed by atoms with Crippen LogP contribution in [0.2, 0.25) is 0 Å². The van der Waals surface area contributed by atoms with Crippen molar-refractivity contribution in [3.05, 3.63) is 29.8 Å². The quantitative estimate of drug-likeness (QED) is 0.378. The van der Waals surface area contributed by atoms with E-state index in [0.29, 0.717) is 47.1 Å². The Hall–Kier alpha value is -1.83. The van der Waals surface area contributed by atoms with Gasteiger partial charge in [0.05, 0.1) is 17.9 Å². The normalized spacial score (nSPS) is 40.3. The largest absolute Gasteiger partial charge is 0.393 e. The Bertz CT molecular complexity index is 1170. The van der Waals surface area contributed by atoms with Crippen molar-refractivity contribution in [2.45, 2.75) is 97.2 Å². The number of anilines is 1. The van der Waals surface area contributed by atoms with Crippen LogP contribution in [-0.4, -0.2) is 38.3 Å². The molecule has 1 amide bonds. The summed E-state index contributed by atoms with van der Waals surface area (Å²) in [5.41, 5.74) is 1.79. The summed E-state index contributed by atoms with van der Waals surface area (Å²) in [5, 5.41) is 27.7. The summed E-state index contributed by atoms with van der Waals surface area (Å²) in [6, 6.07) is 5.74. The molecule has 4 aliphatic carbocycles. The van der Waals surface area contributed by atoms with Gasteiger partial charge in [0.1, 0.15) is 5.69 Å². The molecule has 4 fully saturated rings. The monoisotopic (exact) mass is 551 g/mol. The van der Waals surface area contributed by atoms with Crippen molar-refractivity contribution in [3.8, 4) is 11.4 Å². The van der Waals surface area contributed by atoms with Crippen LogP contribution in [0, 0.1) is 46.3 Å². The third kappa shape index (κ3) is 4.76. The van der Waals surface area contributed by atoms with Crippen LogP contribution in [0.15, 0.2) is 29.8 Å². The van der Waals surface area contributed by atoms with Gasteiger partial charge in [0.25, 0.3) is 0 Å². The minimum atomic E-state index is -0.282. The number of carbonyl (C=O) groups is 1. The number of hydrogen-bond acceptors (Lipinski definition) is 6. The van der Waals surface area contributed by atoms with Gasteiger partial charge in [-0.3, -0.25) is 9.78 Å². The summed E-state index contributed by atoms with van der Waals surface area (Å²) in [7, 11) is 0. The van der Waals surface area contributed by atoms with Gasteiger partial charge in [-0.25, -0.2) is 4.98 Å². The first-order chi connectivity index (χ1) is 18.7. The van der Waals surface area contributed by atoms with Crippen molar-refractivity contribution >= 4 is 22.4 Å². The van der Waals surface area contributed by atoms with Gasteiger partial charge in [-0.05, 0) is 116 Å². The van der Waals surface area contributed by atoms with Crippen LogP contribution in [0.5, 0.6) is 0 Å². The van der Waals surface area contributed by atoms with Crippen molar-refractivity contribution in [2.24, 2.45) is 46.3 Å². The molecule has 2 heterocycles. The zero-order chi connectivity index (χ0) is 27.4. The van der Waals surface area contributed by atoms with Gasteiger partial charge < -0.3 is 15.5 Å². The first-order valence-corrected chi connectivity index (χ1v) is 16.1. The minimum Gasteiger partial charge on any atom is -0.393 e. The highest BCUT2D eigenvalue weighted by molar-refractivity contribution is 7.14. The lowest BCUT2D eigenvalue weighted by atomic mass is 9.43. The number of aliphatic hydroxyl groups is 2. The second-order valence-corrected chi connectivity index (χ2v) is 14.6. The molecule has 3 N–H and O–H groups in total. The standard InChI is InChI=1S/C32H45N3O3S/c1-19(7-12-29(38)35-30-34-27(18-39-30)26-6-4-5-15-33-26)23-10-11-24-22-9-8-20-16-21(36)13-14-31(20,2)25(22)17-28(37)32(23,24)3/h4-6,15,18-25,28,36-37H,7-14,16-17H2,1-3H3,(H,34,35,38)/t19-,20+,21-,22+,23+,24-,25-,28+,31+,32-/m1/s1. The molecular weight excluding hydrogens is 506 g/mol. The van der Waals surface area contributed by atoms with Crippen LogP contribution >= 0.6 is 11.3 Å². The van der Waals surface area contributed by atoms with E-state index >= 15 is 0 Å². The molecule has 2 aromatic heterocycles. The summed E-state index contributed by atoms with van der Waals surface area (Å²) in [6.45, 7) is 7.15. The third-order valence-electron chi connectivity index (χ3n) is 12.0. The Balaban J connectivity index is 1.08. The maximum Gasteiger partial charge on any atom is 0.226 e. The zero-order valence-corrected chi connectivity index (χ0v) is 24.5. The molecule has 212 valence electrons. The highest BCUT2D eigenvalue weighted by atomic mass is 32.1. The molecule has 0 radical (unpaired) electrons. The number of pyridine rings is 1. The minimum absolute atomic E-state index is 0.0125. The smallest absolute Gasteiger partial charge is 0.226 e. The van der Waals surface area contributed by atoms with E-state index in [-0.39, 0.29) is 28.9 Å². The van der Waals surface area contributed by atoms with E-state index in [2.05, 4.69) is 36.1 Å². The van der Waals surface area contributed by atoms with Crippen molar-refractivity contribution in [1.29, 1.82) is 0 Å². The number of nitrogens with one attached hydrogen (secondary N) is 1. The van der Waals surface area contributed by atoms with E-state index in [4.69, 9.17) is 0 Å². The zero-order valence-electron chi connectivity index (χ0n) is 23.7. The first-order valence-electron chi connectivity index (χ1n) is 15.2. The first kappa shape index (κ1) is 27.3. The van der Waals surface area contributed by atoms with Crippen molar-refractivity contribution < 1.29 is 15.0 Å². The lowest BCUT2D eigenvalue weighted by Crippen LogP contribution is -2.58. The second-order valence-electron chi connectivity index (χ2n) is 13.7. The Morgan fingerprint density at radius 3 is 2.74 bits per heavy atom. The Morgan fingerprint density at radius 2 is 1.95 bits per heavy atom. The Kier molecular flexibility index (Phi) is 7.39. The molecule has 0 unspecified atom stereocenters. The molecule has 6 rings (SSSR count). The number of fused-ring (bicyclic) bond motifs is 5. The molecule has 4 saturated carbocycles. The van der Waals surface area contributed by atoms with Crippen LogP contribution < -0.4 is 5.32 Å². The average Bonchev–Trinajstić information content (AvgIpc) is 3.54. The van der Waals surface area contributed by atoms with Crippen molar-refractivity contribution in [1.82, 2.24) is 9.97 Å². The fourth-order valence-corrected chi connectivity index (χ4v) is 10.6. The lowest BCUT2D eigenvalue weighted by Gasteiger charge is -2.62. The Morgan fingerprint density at radius 1 is 1.10 bits per heavy atom. The molecule has 2 aromatic rings. The molecule has 6 nitrogen and oxygen atoms in total. The van der Waals surface area contributed by atoms with E-state index in [1.54, 1.807) is 6.20 Å².